The van der Waals surface area contributed by atoms with E-state index in [0.29, 0.717) is 19.0 Å². The van der Waals surface area contributed by atoms with E-state index in [4.69, 9.17) is 15.2 Å². The molecular formula is C16H24N2O3. The van der Waals surface area contributed by atoms with E-state index in [1.165, 1.54) is 0 Å². The van der Waals surface area contributed by atoms with Crippen LogP contribution in [0.3, 0.4) is 0 Å². The molecule has 2 rings (SSSR count). The Bertz CT molecular complexity index is 490. The molecule has 1 aliphatic carbocycles. The van der Waals surface area contributed by atoms with Crippen molar-refractivity contribution in [3.63, 3.8) is 0 Å². The number of carbonyl (C=O) groups is 1. The second-order valence-corrected chi connectivity index (χ2v) is 5.43. The molecule has 21 heavy (non-hydrogen) atoms. The minimum atomic E-state index is 0.0549. The Kier molecular flexibility index (Phi) is 5.44. The number of rotatable bonds is 6. The highest BCUT2D eigenvalue weighted by Crippen LogP contribution is 2.31. The maximum Gasteiger partial charge on any atom is 0.223 e. The number of nitrogens with one attached hydrogen (secondary N) is 1. The fraction of sp³-hybridized carbons (Fsp3) is 0.562. The van der Waals surface area contributed by atoms with Gasteiger partial charge in [-0.2, -0.15) is 0 Å². The molecule has 1 fully saturated rings. The lowest BCUT2D eigenvalue weighted by molar-refractivity contribution is -0.126. The van der Waals surface area contributed by atoms with Crippen LogP contribution in [-0.4, -0.2) is 26.7 Å². The van der Waals surface area contributed by atoms with Crippen LogP contribution >= 0.6 is 0 Å². The molecule has 0 heterocycles. The van der Waals surface area contributed by atoms with E-state index in [0.717, 1.165) is 36.3 Å². The van der Waals surface area contributed by atoms with E-state index in [-0.39, 0.29) is 11.8 Å². The van der Waals surface area contributed by atoms with Gasteiger partial charge in [-0.25, -0.2) is 0 Å². The summed E-state index contributed by atoms with van der Waals surface area (Å²) < 4.78 is 10.5. The Balaban J connectivity index is 1.97. The van der Waals surface area contributed by atoms with E-state index in [2.05, 4.69) is 5.32 Å². The third-order valence-corrected chi connectivity index (χ3v) is 4.25. The molecule has 116 valence electrons. The number of hydrogen-bond acceptors (Lipinski definition) is 4. The van der Waals surface area contributed by atoms with Crippen molar-refractivity contribution in [3.8, 4) is 11.5 Å². The van der Waals surface area contributed by atoms with Crippen molar-refractivity contribution < 1.29 is 14.3 Å². The predicted octanol–water partition coefficient (Wildman–Crippen LogP) is 1.69. The second kappa shape index (κ2) is 7.31. The van der Waals surface area contributed by atoms with Crippen molar-refractivity contribution in [2.75, 3.05) is 20.8 Å². The highest BCUT2D eigenvalue weighted by molar-refractivity contribution is 5.79. The molecule has 0 radical (unpaired) electrons. The number of methoxy groups -OCH3 is 2. The molecule has 0 bridgehead atoms. The maximum atomic E-state index is 12.3. The third-order valence-electron chi connectivity index (χ3n) is 4.25. The molecule has 5 nitrogen and oxygen atoms in total. The van der Waals surface area contributed by atoms with Crippen LogP contribution in [0.2, 0.25) is 0 Å². The Hall–Kier alpha value is -1.75. The van der Waals surface area contributed by atoms with Gasteiger partial charge in [-0.15, -0.1) is 0 Å². The van der Waals surface area contributed by atoms with Gasteiger partial charge in [0, 0.05) is 24.1 Å². The molecule has 1 aliphatic rings. The predicted molar refractivity (Wildman–Crippen MR) is 81.3 cm³/mol. The number of carbonyl (C=O) groups excluding carboxylic acids is 1. The van der Waals surface area contributed by atoms with Crippen LogP contribution in [0.25, 0.3) is 0 Å². The quantitative estimate of drug-likeness (QED) is 0.837. The number of hydrogen-bond donors (Lipinski definition) is 2. The summed E-state index contributed by atoms with van der Waals surface area (Å²) in [5.41, 5.74) is 6.67. The topological polar surface area (TPSA) is 73.6 Å². The standard InChI is InChI=1S/C16H24N2O3/c1-20-13-7-6-12(15(8-13)21-2)10-18-16(19)14-5-3-4-11(14)9-17/h6-8,11,14H,3-5,9-10,17H2,1-2H3,(H,18,19). The molecule has 1 saturated carbocycles. The van der Waals surface area contributed by atoms with Crippen LogP contribution in [0.15, 0.2) is 18.2 Å². The zero-order valence-electron chi connectivity index (χ0n) is 12.7. The van der Waals surface area contributed by atoms with Crippen LogP contribution in [0, 0.1) is 11.8 Å². The van der Waals surface area contributed by atoms with Crippen molar-refractivity contribution in [1.82, 2.24) is 5.32 Å². The van der Waals surface area contributed by atoms with Crippen molar-refractivity contribution in [3.05, 3.63) is 23.8 Å². The van der Waals surface area contributed by atoms with Crippen LogP contribution in [0.4, 0.5) is 0 Å². The van der Waals surface area contributed by atoms with Gasteiger partial charge in [-0.3, -0.25) is 4.79 Å². The van der Waals surface area contributed by atoms with E-state index < -0.39 is 0 Å². The average molecular weight is 292 g/mol. The van der Waals surface area contributed by atoms with Crippen LogP contribution in [0.1, 0.15) is 24.8 Å². The Labute approximate surface area is 125 Å². The molecule has 0 saturated heterocycles. The SMILES string of the molecule is COc1ccc(CNC(=O)C2CCCC2CN)c(OC)c1. The van der Waals surface area contributed by atoms with Crippen molar-refractivity contribution in [1.29, 1.82) is 0 Å². The molecular weight excluding hydrogens is 268 g/mol. The molecule has 2 atom stereocenters. The Morgan fingerprint density at radius 3 is 2.81 bits per heavy atom. The summed E-state index contributed by atoms with van der Waals surface area (Å²) in [6, 6.07) is 5.59. The Morgan fingerprint density at radius 2 is 2.14 bits per heavy atom. The highest BCUT2D eigenvalue weighted by Gasteiger charge is 2.31. The monoisotopic (exact) mass is 292 g/mol. The maximum absolute atomic E-state index is 12.3. The molecule has 0 aromatic heterocycles. The molecule has 2 unspecified atom stereocenters. The van der Waals surface area contributed by atoms with Crippen molar-refractivity contribution in [2.24, 2.45) is 17.6 Å². The van der Waals surface area contributed by atoms with Crippen LogP contribution < -0.4 is 20.5 Å². The van der Waals surface area contributed by atoms with Gasteiger partial charge in [0.05, 0.1) is 14.2 Å². The zero-order chi connectivity index (χ0) is 15.2. The largest absolute Gasteiger partial charge is 0.497 e. The summed E-state index contributed by atoms with van der Waals surface area (Å²) >= 11 is 0. The summed E-state index contributed by atoms with van der Waals surface area (Å²) in [7, 11) is 3.23. The normalized spacial score (nSPS) is 21.1. The van der Waals surface area contributed by atoms with Gasteiger partial charge in [0.1, 0.15) is 11.5 Å². The van der Waals surface area contributed by atoms with E-state index in [1.54, 1.807) is 14.2 Å². The molecule has 5 heteroatoms. The summed E-state index contributed by atoms with van der Waals surface area (Å²) in [5, 5.41) is 3.00. The summed E-state index contributed by atoms with van der Waals surface area (Å²) in [6.07, 6.45) is 3.08. The molecule has 1 aromatic carbocycles. The smallest absolute Gasteiger partial charge is 0.223 e. The third kappa shape index (κ3) is 3.67. The van der Waals surface area contributed by atoms with Crippen LogP contribution in [0.5, 0.6) is 11.5 Å². The van der Waals surface area contributed by atoms with E-state index in [9.17, 15) is 4.79 Å². The number of benzene rings is 1. The minimum Gasteiger partial charge on any atom is -0.497 e. The van der Waals surface area contributed by atoms with Crippen molar-refractivity contribution in [2.45, 2.75) is 25.8 Å². The average Bonchev–Trinajstić information content (AvgIpc) is 3.01. The summed E-state index contributed by atoms with van der Waals surface area (Å²) in [6.45, 7) is 1.05. The first-order valence-electron chi connectivity index (χ1n) is 7.38. The highest BCUT2D eigenvalue weighted by atomic mass is 16.5. The minimum absolute atomic E-state index is 0.0549. The van der Waals surface area contributed by atoms with Gasteiger partial charge >= 0.3 is 0 Å². The first-order valence-corrected chi connectivity index (χ1v) is 7.38. The van der Waals surface area contributed by atoms with E-state index in [1.807, 2.05) is 18.2 Å². The van der Waals surface area contributed by atoms with Gasteiger partial charge < -0.3 is 20.5 Å². The van der Waals surface area contributed by atoms with Crippen LogP contribution in [-0.2, 0) is 11.3 Å². The molecule has 1 amide bonds. The van der Waals surface area contributed by atoms with E-state index >= 15 is 0 Å². The fourth-order valence-corrected chi connectivity index (χ4v) is 2.98. The molecule has 1 aromatic rings. The molecule has 3 N–H and O–H groups in total. The lowest BCUT2D eigenvalue weighted by Crippen LogP contribution is -2.34. The van der Waals surface area contributed by atoms with Crippen molar-refractivity contribution >= 4 is 5.91 Å². The lowest BCUT2D eigenvalue weighted by atomic mass is 9.95. The fourth-order valence-electron chi connectivity index (χ4n) is 2.98. The number of nitrogens with two attached hydrogens (primary N) is 1. The first kappa shape index (κ1) is 15.6. The number of ether oxygens (including phenoxy) is 2. The Morgan fingerprint density at radius 1 is 1.33 bits per heavy atom. The summed E-state index contributed by atoms with van der Waals surface area (Å²) in [5.74, 6) is 1.93. The van der Waals surface area contributed by atoms with Gasteiger partial charge in [0.25, 0.3) is 0 Å². The van der Waals surface area contributed by atoms with Gasteiger partial charge in [0.2, 0.25) is 5.91 Å². The molecule has 0 aliphatic heterocycles. The van der Waals surface area contributed by atoms with Gasteiger partial charge in [-0.1, -0.05) is 6.42 Å². The zero-order valence-corrected chi connectivity index (χ0v) is 12.7. The second-order valence-electron chi connectivity index (χ2n) is 5.43. The summed E-state index contributed by atoms with van der Waals surface area (Å²) in [4.78, 5) is 12.3. The molecule has 0 spiro atoms. The lowest BCUT2D eigenvalue weighted by Gasteiger charge is -2.18. The van der Waals surface area contributed by atoms with Gasteiger partial charge in [0.15, 0.2) is 0 Å². The van der Waals surface area contributed by atoms with Gasteiger partial charge in [-0.05, 0) is 37.4 Å². The number of amides is 1. The first-order chi connectivity index (χ1) is 10.2.